The first-order valence-electron chi connectivity index (χ1n) is 11.8. The highest BCUT2D eigenvalue weighted by Crippen LogP contribution is 2.29. The number of fused-ring (bicyclic) bond motifs is 3. The van der Waals surface area contributed by atoms with Crippen molar-refractivity contribution in [3.05, 3.63) is 86.8 Å². The molecule has 7 nitrogen and oxygen atoms in total. The van der Waals surface area contributed by atoms with Gasteiger partial charge in [-0.25, -0.2) is 4.98 Å². The first kappa shape index (κ1) is 23.1. The second-order valence-corrected chi connectivity index (χ2v) is 9.80. The Hall–Kier alpha value is -3.65. The Morgan fingerprint density at radius 2 is 1.94 bits per heavy atom. The molecule has 0 saturated carbocycles. The van der Waals surface area contributed by atoms with Crippen molar-refractivity contribution in [1.29, 1.82) is 0 Å². The summed E-state index contributed by atoms with van der Waals surface area (Å²) in [4.78, 5) is 32.3. The fourth-order valence-electron chi connectivity index (χ4n) is 4.23. The van der Waals surface area contributed by atoms with Gasteiger partial charge >= 0.3 is 0 Å². The summed E-state index contributed by atoms with van der Waals surface area (Å²) in [6.45, 7) is 3.76. The first-order valence-corrected chi connectivity index (χ1v) is 12.6. The molecule has 0 spiro atoms. The molecule has 35 heavy (non-hydrogen) atoms. The third kappa shape index (κ3) is 5.07. The molecule has 0 fully saturated rings. The van der Waals surface area contributed by atoms with E-state index < -0.39 is 6.10 Å². The Kier molecular flexibility index (Phi) is 6.55. The van der Waals surface area contributed by atoms with Crippen LogP contribution in [0.1, 0.15) is 41.6 Å². The van der Waals surface area contributed by atoms with Crippen molar-refractivity contribution in [2.24, 2.45) is 0 Å². The molecule has 1 atom stereocenters. The van der Waals surface area contributed by atoms with Crippen LogP contribution in [0.5, 0.6) is 11.5 Å². The standard InChI is InChI=1S/C27H27N3O4S/c1-17-12-13-23(21(14-17)29-26(32)18(2)34-20-8-4-3-5-9-20)33-16-19-15-25(31)30-22-10-6-7-11-24(22)35-27(30)28-19/h3-5,8-9,12-15,18H,6-7,10-11,16H2,1-2H3,(H,29,32)/t18-/m1/s1. The summed E-state index contributed by atoms with van der Waals surface area (Å²) in [6, 6.07) is 16.3. The van der Waals surface area contributed by atoms with Gasteiger partial charge in [0.05, 0.1) is 11.4 Å². The highest BCUT2D eigenvalue weighted by molar-refractivity contribution is 7.17. The van der Waals surface area contributed by atoms with Crippen LogP contribution in [0.3, 0.4) is 0 Å². The quantitative estimate of drug-likeness (QED) is 0.398. The summed E-state index contributed by atoms with van der Waals surface area (Å²) in [7, 11) is 0. The predicted octanol–water partition coefficient (Wildman–Crippen LogP) is 4.93. The molecule has 0 saturated heterocycles. The van der Waals surface area contributed by atoms with Gasteiger partial charge in [-0.3, -0.25) is 14.0 Å². The smallest absolute Gasteiger partial charge is 0.265 e. The van der Waals surface area contributed by atoms with Crippen LogP contribution in [-0.2, 0) is 24.2 Å². The lowest BCUT2D eigenvalue weighted by Gasteiger charge is -2.17. The molecule has 2 aromatic carbocycles. The van der Waals surface area contributed by atoms with Gasteiger partial charge in [0.2, 0.25) is 0 Å². The van der Waals surface area contributed by atoms with Gasteiger partial charge in [0.1, 0.15) is 18.1 Å². The average molecular weight is 490 g/mol. The van der Waals surface area contributed by atoms with Gasteiger partial charge in [0.15, 0.2) is 11.1 Å². The Bertz CT molecular complexity index is 1430. The third-order valence-electron chi connectivity index (χ3n) is 6.01. The van der Waals surface area contributed by atoms with E-state index in [1.807, 2.05) is 43.3 Å². The zero-order chi connectivity index (χ0) is 24.4. The van der Waals surface area contributed by atoms with E-state index in [1.165, 1.54) is 10.9 Å². The van der Waals surface area contributed by atoms with Gasteiger partial charge in [-0.15, -0.1) is 11.3 Å². The minimum absolute atomic E-state index is 0.0719. The Morgan fingerprint density at radius 1 is 1.14 bits per heavy atom. The molecule has 2 heterocycles. The molecule has 0 unspecified atom stereocenters. The average Bonchev–Trinajstić information content (AvgIpc) is 3.23. The molecular weight excluding hydrogens is 462 g/mol. The lowest BCUT2D eigenvalue weighted by Crippen LogP contribution is -2.30. The maximum Gasteiger partial charge on any atom is 0.265 e. The van der Waals surface area contributed by atoms with E-state index in [0.717, 1.165) is 36.9 Å². The zero-order valence-electron chi connectivity index (χ0n) is 19.7. The van der Waals surface area contributed by atoms with E-state index in [4.69, 9.17) is 9.47 Å². The lowest BCUT2D eigenvalue weighted by atomic mass is 10.0. The number of carbonyl (C=O) groups is 1. The van der Waals surface area contributed by atoms with Crippen molar-refractivity contribution >= 4 is 27.9 Å². The number of anilines is 1. The number of benzene rings is 2. The number of thiazole rings is 1. The summed E-state index contributed by atoms with van der Waals surface area (Å²) in [5.41, 5.74) is 3.12. The summed E-state index contributed by atoms with van der Waals surface area (Å²) >= 11 is 1.59. The highest BCUT2D eigenvalue weighted by atomic mass is 32.1. The number of nitrogens with zero attached hydrogens (tertiary/aromatic N) is 2. The van der Waals surface area contributed by atoms with Crippen molar-refractivity contribution in [2.75, 3.05) is 5.32 Å². The van der Waals surface area contributed by atoms with Crippen LogP contribution >= 0.6 is 11.3 Å². The van der Waals surface area contributed by atoms with Crippen LogP contribution < -0.4 is 20.3 Å². The third-order valence-corrected chi connectivity index (χ3v) is 7.15. The van der Waals surface area contributed by atoms with Gasteiger partial charge in [-0.2, -0.15) is 0 Å². The van der Waals surface area contributed by atoms with Crippen molar-refractivity contribution in [1.82, 2.24) is 9.38 Å². The fourth-order valence-corrected chi connectivity index (χ4v) is 5.46. The largest absolute Gasteiger partial charge is 0.485 e. The maximum atomic E-state index is 12.8. The molecule has 8 heteroatoms. The van der Waals surface area contributed by atoms with E-state index in [0.29, 0.717) is 27.8 Å². The van der Waals surface area contributed by atoms with Crippen LogP contribution in [-0.4, -0.2) is 21.4 Å². The van der Waals surface area contributed by atoms with Gasteiger partial charge < -0.3 is 14.8 Å². The minimum Gasteiger partial charge on any atom is -0.485 e. The van der Waals surface area contributed by atoms with Crippen molar-refractivity contribution in [2.45, 2.75) is 52.2 Å². The number of carbonyl (C=O) groups excluding carboxylic acids is 1. The molecule has 4 aromatic rings. The summed E-state index contributed by atoms with van der Waals surface area (Å²) in [6.07, 6.45) is 3.49. The molecule has 180 valence electrons. The molecule has 0 bridgehead atoms. The number of hydrogen-bond acceptors (Lipinski definition) is 6. The number of para-hydroxylation sites is 1. The molecular formula is C27H27N3O4S. The lowest BCUT2D eigenvalue weighted by molar-refractivity contribution is -0.122. The Balaban J connectivity index is 1.32. The number of ether oxygens (including phenoxy) is 2. The maximum absolute atomic E-state index is 12.8. The molecule has 1 amide bonds. The summed E-state index contributed by atoms with van der Waals surface area (Å²) < 4.78 is 13.5. The van der Waals surface area contributed by atoms with E-state index in [2.05, 4.69) is 10.3 Å². The second kappa shape index (κ2) is 9.92. The number of amides is 1. The zero-order valence-corrected chi connectivity index (χ0v) is 20.6. The number of rotatable bonds is 7. The molecule has 2 aromatic heterocycles. The fraction of sp³-hybridized carbons (Fsp3) is 0.296. The van der Waals surface area contributed by atoms with Crippen LogP contribution in [0.25, 0.3) is 4.96 Å². The van der Waals surface area contributed by atoms with Gasteiger partial charge in [-0.05, 0) is 69.4 Å². The van der Waals surface area contributed by atoms with Gasteiger partial charge in [0, 0.05) is 16.6 Å². The number of aryl methyl sites for hydroxylation is 3. The van der Waals surface area contributed by atoms with Gasteiger partial charge in [-0.1, -0.05) is 24.3 Å². The highest BCUT2D eigenvalue weighted by Gasteiger charge is 2.20. The first-order chi connectivity index (χ1) is 17.0. The van der Waals surface area contributed by atoms with E-state index in [-0.39, 0.29) is 18.1 Å². The molecule has 1 aliphatic rings. The molecule has 5 rings (SSSR count). The molecule has 0 radical (unpaired) electrons. The summed E-state index contributed by atoms with van der Waals surface area (Å²) in [5.74, 6) is 0.841. The van der Waals surface area contributed by atoms with Crippen LogP contribution in [0.4, 0.5) is 5.69 Å². The second-order valence-electron chi connectivity index (χ2n) is 8.73. The van der Waals surface area contributed by atoms with Crippen molar-refractivity contribution in [3.8, 4) is 11.5 Å². The van der Waals surface area contributed by atoms with Crippen molar-refractivity contribution in [3.63, 3.8) is 0 Å². The van der Waals surface area contributed by atoms with E-state index in [9.17, 15) is 9.59 Å². The van der Waals surface area contributed by atoms with E-state index >= 15 is 0 Å². The Labute approximate surface area is 207 Å². The topological polar surface area (TPSA) is 81.9 Å². The van der Waals surface area contributed by atoms with E-state index in [1.54, 1.807) is 34.8 Å². The number of nitrogens with one attached hydrogen (secondary N) is 1. The van der Waals surface area contributed by atoms with Crippen LogP contribution in [0, 0.1) is 6.92 Å². The molecule has 0 aliphatic heterocycles. The SMILES string of the molecule is Cc1ccc(OCc2cc(=O)n3c4c(sc3n2)CCCC4)c(NC(=O)[C@@H](C)Oc2ccccc2)c1. The molecule has 1 aliphatic carbocycles. The summed E-state index contributed by atoms with van der Waals surface area (Å²) in [5, 5.41) is 2.91. The Morgan fingerprint density at radius 3 is 2.77 bits per heavy atom. The normalized spacial score (nSPS) is 13.8. The molecule has 1 N–H and O–H groups in total. The van der Waals surface area contributed by atoms with Crippen LogP contribution in [0.15, 0.2) is 59.4 Å². The number of aromatic nitrogens is 2. The van der Waals surface area contributed by atoms with Gasteiger partial charge in [0.25, 0.3) is 11.5 Å². The van der Waals surface area contributed by atoms with Crippen molar-refractivity contribution < 1.29 is 14.3 Å². The number of hydrogen-bond donors (Lipinski definition) is 1. The monoisotopic (exact) mass is 489 g/mol. The minimum atomic E-state index is -0.695. The van der Waals surface area contributed by atoms with Crippen LogP contribution in [0.2, 0.25) is 0 Å². The predicted molar refractivity (Wildman–Crippen MR) is 137 cm³/mol.